The van der Waals surface area contributed by atoms with Crippen LogP contribution in [0.2, 0.25) is 0 Å². The zero-order valence-corrected chi connectivity index (χ0v) is 12.6. The highest BCUT2D eigenvalue weighted by Crippen LogP contribution is 2.23. The summed E-state index contributed by atoms with van der Waals surface area (Å²) in [5.41, 5.74) is 0.269. The zero-order chi connectivity index (χ0) is 16.1. The second kappa shape index (κ2) is 6.98. The molecule has 1 fully saturated rings. The highest BCUT2D eigenvalue weighted by Gasteiger charge is 2.19. The number of nitrogens with zero attached hydrogens (tertiary/aromatic N) is 6. The molecule has 1 aliphatic heterocycles. The Hall–Kier alpha value is -2.79. The van der Waals surface area contributed by atoms with E-state index in [4.69, 9.17) is 5.26 Å². The molecule has 0 atom stereocenters. The van der Waals surface area contributed by atoms with Crippen LogP contribution in [0.15, 0.2) is 24.8 Å². The molecule has 0 amide bonds. The molecule has 0 unspecified atom stereocenters. The van der Waals surface area contributed by atoms with E-state index in [0.717, 1.165) is 31.7 Å². The van der Waals surface area contributed by atoms with E-state index >= 15 is 0 Å². The SMILES string of the molecule is N#Cc1cnc(Nc2cc(N3CCC(CO)CC3)ncn2)cn1. The van der Waals surface area contributed by atoms with Crippen LogP contribution in [-0.2, 0) is 0 Å². The highest BCUT2D eigenvalue weighted by atomic mass is 16.3. The molecule has 118 valence electrons. The van der Waals surface area contributed by atoms with Crippen LogP contribution in [0.4, 0.5) is 17.5 Å². The van der Waals surface area contributed by atoms with E-state index in [2.05, 4.69) is 30.2 Å². The van der Waals surface area contributed by atoms with Crippen LogP contribution < -0.4 is 10.2 Å². The molecule has 2 aromatic rings. The summed E-state index contributed by atoms with van der Waals surface area (Å²) in [4.78, 5) is 18.8. The van der Waals surface area contributed by atoms with E-state index in [1.54, 1.807) is 0 Å². The summed E-state index contributed by atoms with van der Waals surface area (Å²) < 4.78 is 0. The van der Waals surface area contributed by atoms with E-state index in [1.165, 1.54) is 18.7 Å². The normalized spacial score (nSPS) is 15.2. The van der Waals surface area contributed by atoms with Crippen molar-refractivity contribution >= 4 is 17.5 Å². The Bertz CT molecular complexity index is 690. The zero-order valence-electron chi connectivity index (χ0n) is 12.6. The lowest BCUT2D eigenvalue weighted by atomic mass is 9.98. The smallest absolute Gasteiger partial charge is 0.158 e. The van der Waals surface area contributed by atoms with Gasteiger partial charge in [-0.25, -0.2) is 19.9 Å². The quantitative estimate of drug-likeness (QED) is 0.863. The number of nitriles is 1. The van der Waals surface area contributed by atoms with Gasteiger partial charge in [-0.2, -0.15) is 5.26 Å². The number of aliphatic hydroxyl groups is 1. The number of aromatic nitrogens is 4. The molecular weight excluding hydrogens is 294 g/mol. The number of hydrogen-bond acceptors (Lipinski definition) is 8. The van der Waals surface area contributed by atoms with Gasteiger partial charge in [0, 0.05) is 25.8 Å². The maximum absolute atomic E-state index is 9.21. The summed E-state index contributed by atoms with van der Waals surface area (Å²) in [7, 11) is 0. The Morgan fingerprint density at radius 3 is 2.65 bits per heavy atom. The molecule has 0 bridgehead atoms. The van der Waals surface area contributed by atoms with Crippen LogP contribution in [0, 0.1) is 17.2 Å². The third kappa shape index (κ3) is 3.70. The molecule has 0 radical (unpaired) electrons. The van der Waals surface area contributed by atoms with Gasteiger partial charge in [0.2, 0.25) is 0 Å². The van der Waals surface area contributed by atoms with E-state index in [9.17, 15) is 5.11 Å². The summed E-state index contributed by atoms with van der Waals surface area (Å²) in [6.07, 6.45) is 6.33. The monoisotopic (exact) mass is 311 g/mol. The minimum absolute atomic E-state index is 0.252. The third-order valence-electron chi connectivity index (χ3n) is 3.87. The largest absolute Gasteiger partial charge is 0.396 e. The van der Waals surface area contributed by atoms with Crippen LogP contribution in [0.5, 0.6) is 0 Å². The first-order valence-electron chi connectivity index (χ1n) is 7.45. The number of hydrogen-bond donors (Lipinski definition) is 2. The Kier molecular flexibility index (Phi) is 4.59. The fraction of sp³-hybridized carbons (Fsp3) is 0.400. The summed E-state index contributed by atoms with van der Waals surface area (Å²) in [6, 6.07) is 3.79. The van der Waals surface area contributed by atoms with Crippen LogP contribution >= 0.6 is 0 Å². The van der Waals surface area contributed by atoms with E-state index in [1.807, 2.05) is 12.1 Å². The van der Waals surface area contributed by atoms with Crippen molar-refractivity contribution in [1.82, 2.24) is 19.9 Å². The molecule has 1 saturated heterocycles. The van der Waals surface area contributed by atoms with E-state index in [0.29, 0.717) is 17.6 Å². The van der Waals surface area contributed by atoms with Gasteiger partial charge in [0.05, 0.1) is 12.4 Å². The predicted molar refractivity (Wildman–Crippen MR) is 84.1 cm³/mol. The second-order valence-corrected chi connectivity index (χ2v) is 5.40. The maximum Gasteiger partial charge on any atom is 0.158 e. The molecule has 0 saturated carbocycles. The van der Waals surface area contributed by atoms with Gasteiger partial charge in [0.15, 0.2) is 5.69 Å². The fourth-order valence-electron chi connectivity index (χ4n) is 2.51. The standard InChI is InChI=1S/C15H17N7O/c16-6-12-7-18-14(8-17-12)21-13-5-15(20-10-19-13)22-3-1-11(9-23)2-4-22/h5,7-8,10-11,23H,1-4,9H2,(H,18,19,20,21). The van der Waals surface area contributed by atoms with Crippen LogP contribution in [0.3, 0.4) is 0 Å². The van der Waals surface area contributed by atoms with Crippen molar-refractivity contribution in [2.75, 3.05) is 29.9 Å². The fourth-order valence-corrected chi connectivity index (χ4v) is 2.51. The molecule has 0 aromatic carbocycles. The van der Waals surface area contributed by atoms with Crippen LogP contribution in [0.25, 0.3) is 0 Å². The number of anilines is 3. The van der Waals surface area contributed by atoms with Crippen molar-refractivity contribution < 1.29 is 5.11 Å². The van der Waals surface area contributed by atoms with Crippen molar-refractivity contribution in [2.24, 2.45) is 5.92 Å². The average molecular weight is 311 g/mol. The molecule has 0 aliphatic carbocycles. The van der Waals surface area contributed by atoms with Crippen LogP contribution in [-0.4, -0.2) is 44.7 Å². The van der Waals surface area contributed by atoms with Gasteiger partial charge < -0.3 is 15.3 Å². The van der Waals surface area contributed by atoms with Gasteiger partial charge in [-0.3, -0.25) is 0 Å². The number of piperidine rings is 1. The average Bonchev–Trinajstić information content (AvgIpc) is 2.63. The molecule has 0 spiro atoms. The minimum Gasteiger partial charge on any atom is -0.396 e. The third-order valence-corrected chi connectivity index (χ3v) is 3.87. The molecule has 2 N–H and O–H groups in total. The van der Waals surface area contributed by atoms with Crippen molar-refractivity contribution in [2.45, 2.75) is 12.8 Å². The lowest BCUT2D eigenvalue weighted by Gasteiger charge is -2.31. The Labute approximate surface area is 133 Å². The first kappa shape index (κ1) is 15.1. The van der Waals surface area contributed by atoms with Crippen molar-refractivity contribution in [3.8, 4) is 6.07 Å². The van der Waals surface area contributed by atoms with Gasteiger partial charge in [0.1, 0.15) is 29.9 Å². The van der Waals surface area contributed by atoms with Gasteiger partial charge in [-0.15, -0.1) is 0 Å². The summed E-state index contributed by atoms with van der Waals surface area (Å²) in [5, 5.41) is 21.0. The topological polar surface area (TPSA) is 111 Å². The maximum atomic E-state index is 9.21. The molecule has 8 nitrogen and oxygen atoms in total. The Morgan fingerprint density at radius 2 is 2.00 bits per heavy atom. The van der Waals surface area contributed by atoms with Gasteiger partial charge in [0.25, 0.3) is 0 Å². The van der Waals surface area contributed by atoms with E-state index in [-0.39, 0.29) is 12.3 Å². The first-order chi connectivity index (χ1) is 11.3. The molecule has 3 heterocycles. The number of rotatable bonds is 4. The molecule has 23 heavy (non-hydrogen) atoms. The molecule has 2 aromatic heterocycles. The van der Waals surface area contributed by atoms with Crippen LogP contribution in [0.1, 0.15) is 18.5 Å². The molecule has 1 aliphatic rings. The second-order valence-electron chi connectivity index (χ2n) is 5.40. The lowest BCUT2D eigenvalue weighted by molar-refractivity contribution is 0.203. The predicted octanol–water partition coefficient (Wildman–Crippen LogP) is 1.09. The van der Waals surface area contributed by atoms with Crippen molar-refractivity contribution in [1.29, 1.82) is 5.26 Å². The van der Waals surface area contributed by atoms with Crippen molar-refractivity contribution in [3.63, 3.8) is 0 Å². The molecular formula is C15H17N7O. The number of aliphatic hydroxyl groups excluding tert-OH is 1. The van der Waals surface area contributed by atoms with Gasteiger partial charge in [-0.05, 0) is 18.8 Å². The van der Waals surface area contributed by atoms with Gasteiger partial charge >= 0.3 is 0 Å². The first-order valence-corrected chi connectivity index (χ1v) is 7.45. The number of nitrogens with one attached hydrogen (secondary N) is 1. The van der Waals surface area contributed by atoms with Gasteiger partial charge in [-0.1, -0.05) is 0 Å². The highest BCUT2D eigenvalue weighted by molar-refractivity contribution is 5.55. The van der Waals surface area contributed by atoms with Crippen molar-refractivity contribution in [3.05, 3.63) is 30.5 Å². The summed E-state index contributed by atoms with van der Waals surface area (Å²) in [5.74, 6) is 2.38. The summed E-state index contributed by atoms with van der Waals surface area (Å²) >= 11 is 0. The molecule has 8 heteroatoms. The molecule has 3 rings (SSSR count). The Balaban J connectivity index is 1.68. The Morgan fingerprint density at radius 1 is 1.17 bits per heavy atom. The minimum atomic E-state index is 0.252. The van der Waals surface area contributed by atoms with E-state index < -0.39 is 0 Å². The summed E-state index contributed by atoms with van der Waals surface area (Å²) in [6.45, 7) is 2.00. The lowest BCUT2D eigenvalue weighted by Crippen LogP contribution is -2.35.